The molecular weight excluding hydrogens is 312 g/mol. The third kappa shape index (κ3) is 3.60. The molecule has 2 aliphatic rings. The number of amides is 1. The highest BCUT2D eigenvalue weighted by atomic mass is 16.5. The molecule has 1 aliphatic heterocycles. The molecule has 1 heterocycles. The zero-order valence-corrected chi connectivity index (χ0v) is 14.4. The molecule has 1 saturated carbocycles. The SMILES string of the molecule is O=C(Nc1ccc(CN2CCOCC2)cc1)C1(c2ccccc2)CC1. The Morgan fingerprint density at radius 1 is 1.00 bits per heavy atom. The Bertz CT molecular complexity index is 717. The van der Waals surface area contributed by atoms with Crippen LogP contribution in [-0.4, -0.2) is 37.1 Å². The second kappa shape index (κ2) is 6.98. The highest BCUT2D eigenvalue weighted by Gasteiger charge is 2.51. The van der Waals surface area contributed by atoms with E-state index in [-0.39, 0.29) is 11.3 Å². The molecule has 25 heavy (non-hydrogen) atoms. The summed E-state index contributed by atoms with van der Waals surface area (Å²) in [6.45, 7) is 4.53. The van der Waals surface area contributed by atoms with E-state index in [2.05, 4.69) is 34.5 Å². The Kier molecular flexibility index (Phi) is 4.55. The number of nitrogens with one attached hydrogen (secondary N) is 1. The molecule has 0 bridgehead atoms. The first-order valence-corrected chi connectivity index (χ1v) is 9.02. The predicted octanol–water partition coefficient (Wildman–Crippen LogP) is 3.19. The van der Waals surface area contributed by atoms with Crippen molar-refractivity contribution in [3.8, 4) is 0 Å². The van der Waals surface area contributed by atoms with Gasteiger partial charge in [-0.1, -0.05) is 42.5 Å². The minimum absolute atomic E-state index is 0.111. The smallest absolute Gasteiger partial charge is 0.235 e. The van der Waals surface area contributed by atoms with Gasteiger partial charge in [0.2, 0.25) is 5.91 Å². The average molecular weight is 336 g/mol. The molecule has 2 aromatic rings. The summed E-state index contributed by atoms with van der Waals surface area (Å²) in [5, 5.41) is 3.10. The summed E-state index contributed by atoms with van der Waals surface area (Å²) in [5.41, 5.74) is 2.94. The van der Waals surface area contributed by atoms with Gasteiger partial charge in [-0.05, 0) is 36.1 Å². The lowest BCUT2D eigenvalue weighted by atomic mass is 9.95. The minimum atomic E-state index is -0.326. The van der Waals surface area contributed by atoms with Gasteiger partial charge in [0.15, 0.2) is 0 Å². The number of hydrogen-bond acceptors (Lipinski definition) is 3. The van der Waals surface area contributed by atoms with Crippen LogP contribution in [-0.2, 0) is 21.5 Å². The van der Waals surface area contributed by atoms with Gasteiger partial charge in [0.05, 0.1) is 18.6 Å². The van der Waals surface area contributed by atoms with Crippen molar-refractivity contribution in [3.63, 3.8) is 0 Å². The monoisotopic (exact) mass is 336 g/mol. The zero-order chi connectivity index (χ0) is 17.1. The molecule has 4 heteroatoms. The number of carbonyl (C=O) groups excluding carboxylic acids is 1. The van der Waals surface area contributed by atoms with Crippen molar-refractivity contribution in [1.29, 1.82) is 0 Å². The number of nitrogens with zero attached hydrogens (tertiary/aromatic N) is 1. The lowest BCUT2D eigenvalue weighted by Gasteiger charge is -2.26. The fourth-order valence-corrected chi connectivity index (χ4v) is 3.49. The van der Waals surface area contributed by atoms with Gasteiger partial charge in [-0.3, -0.25) is 9.69 Å². The maximum absolute atomic E-state index is 12.8. The normalized spacial score (nSPS) is 19.4. The molecule has 0 radical (unpaired) electrons. The van der Waals surface area contributed by atoms with Gasteiger partial charge in [0.1, 0.15) is 0 Å². The van der Waals surface area contributed by atoms with Crippen LogP contribution in [0.3, 0.4) is 0 Å². The number of benzene rings is 2. The molecule has 0 atom stereocenters. The molecule has 4 nitrogen and oxygen atoms in total. The number of hydrogen-bond donors (Lipinski definition) is 1. The highest BCUT2D eigenvalue weighted by Crippen LogP contribution is 2.48. The van der Waals surface area contributed by atoms with Crippen LogP contribution in [0.5, 0.6) is 0 Å². The van der Waals surface area contributed by atoms with E-state index in [4.69, 9.17) is 4.74 Å². The number of morpholine rings is 1. The molecule has 0 unspecified atom stereocenters. The van der Waals surface area contributed by atoms with E-state index < -0.39 is 0 Å². The van der Waals surface area contributed by atoms with Crippen LogP contribution in [0.15, 0.2) is 54.6 Å². The topological polar surface area (TPSA) is 41.6 Å². The fourth-order valence-electron chi connectivity index (χ4n) is 3.49. The molecule has 130 valence electrons. The maximum Gasteiger partial charge on any atom is 0.235 e. The van der Waals surface area contributed by atoms with Crippen LogP contribution in [0.2, 0.25) is 0 Å². The van der Waals surface area contributed by atoms with Gasteiger partial charge in [-0.25, -0.2) is 0 Å². The largest absolute Gasteiger partial charge is 0.379 e. The van der Waals surface area contributed by atoms with Crippen LogP contribution in [0.4, 0.5) is 5.69 Å². The Morgan fingerprint density at radius 2 is 1.68 bits per heavy atom. The molecule has 1 N–H and O–H groups in total. The Balaban J connectivity index is 1.39. The second-order valence-corrected chi connectivity index (χ2v) is 6.99. The first-order chi connectivity index (χ1) is 12.3. The highest BCUT2D eigenvalue weighted by molar-refractivity contribution is 6.01. The van der Waals surface area contributed by atoms with Gasteiger partial charge in [-0.15, -0.1) is 0 Å². The molecule has 0 spiro atoms. The first-order valence-electron chi connectivity index (χ1n) is 9.02. The molecule has 2 aromatic carbocycles. The summed E-state index contributed by atoms with van der Waals surface area (Å²) in [7, 11) is 0. The van der Waals surface area contributed by atoms with Gasteiger partial charge in [0, 0.05) is 25.3 Å². The van der Waals surface area contributed by atoms with Crippen molar-refractivity contribution >= 4 is 11.6 Å². The molecule has 2 fully saturated rings. The van der Waals surface area contributed by atoms with Gasteiger partial charge < -0.3 is 10.1 Å². The predicted molar refractivity (Wildman–Crippen MR) is 98.5 cm³/mol. The minimum Gasteiger partial charge on any atom is -0.379 e. The van der Waals surface area contributed by atoms with Crippen LogP contribution < -0.4 is 5.32 Å². The Hall–Kier alpha value is -2.17. The molecule has 1 amide bonds. The van der Waals surface area contributed by atoms with Crippen LogP contribution in [0.25, 0.3) is 0 Å². The van der Waals surface area contributed by atoms with E-state index in [9.17, 15) is 4.79 Å². The molecular formula is C21H24N2O2. The van der Waals surface area contributed by atoms with Crippen molar-refractivity contribution in [2.24, 2.45) is 0 Å². The average Bonchev–Trinajstić information content (AvgIpc) is 3.47. The van der Waals surface area contributed by atoms with E-state index in [1.165, 1.54) is 5.56 Å². The Labute approximate surface area is 148 Å². The standard InChI is InChI=1S/C21H24N2O2/c24-20(21(10-11-21)18-4-2-1-3-5-18)22-19-8-6-17(7-9-19)16-23-12-14-25-15-13-23/h1-9H,10-16H2,(H,22,24). The quantitative estimate of drug-likeness (QED) is 0.912. The zero-order valence-electron chi connectivity index (χ0n) is 14.4. The van der Waals surface area contributed by atoms with Crippen molar-refractivity contribution in [1.82, 2.24) is 4.90 Å². The fraction of sp³-hybridized carbons (Fsp3) is 0.381. The van der Waals surface area contributed by atoms with Crippen molar-refractivity contribution in [2.45, 2.75) is 24.8 Å². The third-order valence-corrected chi connectivity index (χ3v) is 5.23. The van der Waals surface area contributed by atoms with Crippen LogP contribution in [0, 0.1) is 0 Å². The van der Waals surface area contributed by atoms with Crippen molar-refractivity contribution < 1.29 is 9.53 Å². The summed E-state index contributed by atoms with van der Waals surface area (Å²) < 4.78 is 5.39. The lowest BCUT2D eigenvalue weighted by Crippen LogP contribution is -2.35. The maximum atomic E-state index is 12.8. The summed E-state index contributed by atoms with van der Waals surface area (Å²) in [6, 6.07) is 18.3. The van der Waals surface area contributed by atoms with Crippen LogP contribution in [0.1, 0.15) is 24.0 Å². The van der Waals surface area contributed by atoms with E-state index >= 15 is 0 Å². The molecule has 4 rings (SSSR count). The Morgan fingerprint density at radius 3 is 2.32 bits per heavy atom. The van der Waals surface area contributed by atoms with E-state index in [0.29, 0.717) is 0 Å². The summed E-state index contributed by atoms with van der Waals surface area (Å²) in [4.78, 5) is 15.2. The van der Waals surface area contributed by atoms with Gasteiger partial charge in [-0.2, -0.15) is 0 Å². The van der Waals surface area contributed by atoms with E-state index in [1.54, 1.807) is 0 Å². The lowest BCUT2D eigenvalue weighted by molar-refractivity contribution is -0.118. The van der Waals surface area contributed by atoms with Gasteiger partial charge in [0.25, 0.3) is 0 Å². The summed E-state index contributed by atoms with van der Waals surface area (Å²) >= 11 is 0. The molecule has 1 saturated heterocycles. The summed E-state index contributed by atoms with van der Waals surface area (Å²) in [5.74, 6) is 0.111. The van der Waals surface area contributed by atoms with Gasteiger partial charge >= 0.3 is 0 Å². The van der Waals surface area contributed by atoms with Crippen molar-refractivity contribution in [2.75, 3.05) is 31.6 Å². The van der Waals surface area contributed by atoms with E-state index in [0.717, 1.165) is 56.9 Å². The summed E-state index contributed by atoms with van der Waals surface area (Å²) in [6.07, 6.45) is 1.86. The molecule has 0 aromatic heterocycles. The number of rotatable bonds is 5. The third-order valence-electron chi connectivity index (χ3n) is 5.23. The number of anilines is 1. The van der Waals surface area contributed by atoms with E-state index in [1.807, 2.05) is 30.3 Å². The molecule has 1 aliphatic carbocycles. The first kappa shape index (κ1) is 16.3. The van der Waals surface area contributed by atoms with Crippen LogP contribution >= 0.6 is 0 Å². The van der Waals surface area contributed by atoms with Crippen molar-refractivity contribution in [3.05, 3.63) is 65.7 Å². The second-order valence-electron chi connectivity index (χ2n) is 6.99. The number of ether oxygens (including phenoxy) is 1. The number of carbonyl (C=O) groups is 1.